The molecule has 0 saturated carbocycles. The Kier molecular flexibility index (Phi) is 5.05. The molecule has 0 aliphatic heterocycles. The maximum Gasteiger partial charge on any atom is 0.274 e. The van der Waals surface area contributed by atoms with Crippen LogP contribution in [0.4, 0.5) is 0 Å². The highest BCUT2D eigenvalue weighted by atomic mass is 35.5. The topological polar surface area (TPSA) is 68.7 Å². The third-order valence-electron chi connectivity index (χ3n) is 4.39. The van der Waals surface area contributed by atoms with Crippen LogP contribution in [0, 0.1) is 0 Å². The van der Waals surface area contributed by atoms with Gasteiger partial charge in [0.15, 0.2) is 17.8 Å². The highest BCUT2D eigenvalue weighted by molar-refractivity contribution is 6.30. The Balaban J connectivity index is 1.58. The van der Waals surface area contributed by atoms with E-state index in [-0.39, 0.29) is 12.1 Å². The third kappa shape index (κ3) is 3.94. The van der Waals surface area contributed by atoms with Gasteiger partial charge in [-0.3, -0.25) is 0 Å². The molecule has 0 amide bonds. The lowest BCUT2D eigenvalue weighted by Gasteiger charge is -2.16. The van der Waals surface area contributed by atoms with E-state index in [4.69, 9.17) is 20.4 Å². The molecular weight excluding hydrogens is 362 g/mol. The van der Waals surface area contributed by atoms with Crippen LogP contribution in [-0.4, -0.2) is 10.2 Å². The van der Waals surface area contributed by atoms with E-state index in [0.717, 1.165) is 16.9 Å². The van der Waals surface area contributed by atoms with E-state index in [9.17, 15) is 0 Å². The van der Waals surface area contributed by atoms with Crippen molar-refractivity contribution in [2.45, 2.75) is 19.0 Å². The molecule has 2 N–H and O–H groups in total. The molecule has 0 aliphatic rings. The number of halogens is 1. The van der Waals surface area contributed by atoms with E-state index in [1.807, 2.05) is 61.5 Å². The Hall–Kier alpha value is -2.89. The first-order valence-electron chi connectivity index (χ1n) is 8.73. The van der Waals surface area contributed by atoms with Crippen LogP contribution in [0.1, 0.15) is 36.2 Å². The Morgan fingerprint density at radius 1 is 0.963 bits per heavy atom. The SMILES string of the molecule is C[C@@H]([NH2+][C@H](c1ccccc1)c1ccco1)c1nnc(-c2cccc(Cl)c2)o1. The summed E-state index contributed by atoms with van der Waals surface area (Å²) in [6.45, 7) is 2.04. The molecular formula is C21H19ClN3O2+. The summed E-state index contributed by atoms with van der Waals surface area (Å²) in [5, 5.41) is 11.2. The number of furan rings is 1. The van der Waals surface area contributed by atoms with Crippen LogP contribution in [-0.2, 0) is 0 Å². The molecule has 4 aromatic rings. The molecule has 0 radical (unpaired) electrons. The molecule has 0 aliphatic carbocycles. The molecule has 4 rings (SSSR count). The van der Waals surface area contributed by atoms with E-state index in [1.165, 1.54) is 0 Å². The average Bonchev–Trinajstić information content (AvgIpc) is 3.39. The monoisotopic (exact) mass is 380 g/mol. The minimum atomic E-state index is -0.0549. The molecule has 0 spiro atoms. The number of quaternary nitrogens is 1. The molecule has 2 heterocycles. The number of nitrogens with zero attached hydrogens (tertiary/aromatic N) is 2. The molecule has 2 aromatic heterocycles. The molecule has 2 atom stereocenters. The predicted octanol–water partition coefficient (Wildman–Crippen LogP) is 4.40. The highest BCUT2D eigenvalue weighted by Gasteiger charge is 2.26. The van der Waals surface area contributed by atoms with Crippen molar-refractivity contribution in [2.75, 3.05) is 0 Å². The van der Waals surface area contributed by atoms with E-state index in [2.05, 4.69) is 27.6 Å². The second-order valence-electron chi connectivity index (χ2n) is 6.34. The Labute approximate surface area is 162 Å². The van der Waals surface area contributed by atoms with E-state index >= 15 is 0 Å². The Bertz CT molecular complexity index is 999. The van der Waals surface area contributed by atoms with Crippen LogP contribution in [0.15, 0.2) is 81.8 Å². The zero-order chi connectivity index (χ0) is 18.6. The number of hydrogen-bond donors (Lipinski definition) is 1. The first kappa shape index (κ1) is 17.5. The molecule has 0 unspecified atom stereocenters. The van der Waals surface area contributed by atoms with Crippen molar-refractivity contribution in [1.82, 2.24) is 10.2 Å². The van der Waals surface area contributed by atoms with Gasteiger partial charge in [-0.25, -0.2) is 0 Å². The summed E-state index contributed by atoms with van der Waals surface area (Å²) in [5.74, 6) is 1.89. The van der Waals surface area contributed by atoms with Crippen molar-refractivity contribution >= 4 is 11.6 Å². The second kappa shape index (κ2) is 7.78. The van der Waals surface area contributed by atoms with Crippen molar-refractivity contribution in [3.63, 3.8) is 0 Å². The molecule has 136 valence electrons. The maximum absolute atomic E-state index is 6.05. The molecule has 0 bridgehead atoms. The number of nitrogens with two attached hydrogens (primary N) is 1. The van der Waals surface area contributed by atoms with Crippen LogP contribution >= 0.6 is 11.6 Å². The van der Waals surface area contributed by atoms with Crippen molar-refractivity contribution in [3.8, 4) is 11.5 Å². The van der Waals surface area contributed by atoms with E-state index in [1.54, 1.807) is 6.26 Å². The lowest BCUT2D eigenvalue weighted by Crippen LogP contribution is -2.85. The summed E-state index contributed by atoms with van der Waals surface area (Å²) >= 11 is 6.05. The molecule has 6 heteroatoms. The normalized spacial score (nSPS) is 13.4. The van der Waals surface area contributed by atoms with Crippen LogP contribution in [0.5, 0.6) is 0 Å². The number of rotatable bonds is 6. The van der Waals surface area contributed by atoms with Gasteiger partial charge in [-0.1, -0.05) is 48.0 Å². The van der Waals surface area contributed by atoms with Gasteiger partial charge in [-0.15, -0.1) is 10.2 Å². The number of benzene rings is 2. The zero-order valence-corrected chi connectivity index (χ0v) is 15.5. The van der Waals surface area contributed by atoms with Gasteiger partial charge >= 0.3 is 0 Å². The summed E-state index contributed by atoms with van der Waals surface area (Å²) in [4.78, 5) is 0. The quantitative estimate of drug-likeness (QED) is 0.538. The zero-order valence-electron chi connectivity index (χ0n) is 14.7. The van der Waals surface area contributed by atoms with Crippen LogP contribution < -0.4 is 5.32 Å². The van der Waals surface area contributed by atoms with Crippen molar-refractivity contribution in [3.05, 3.63) is 95.2 Å². The highest BCUT2D eigenvalue weighted by Crippen LogP contribution is 2.24. The molecule has 5 nitrogen and oxygen atoms in total. The van der Waals surface area contributed by atoms with Gasteiger partial charge in [-0.2, -0.15) is 0 Å². The lowest BCUT2D eigenvalue weighted by molar-refractivity contribution is -0.727. The summed E-state index contributed by atoms with van der Waals surface area (Å²) in [7, 11) is 0. The van der Waals surface area contributed by atoms with Crippen LogP contribution in [0.25, 0.3) is 11.5 Å². The average molecular weight is 381 g/mol. The molecule has 2 aromatic carbocycles. The smallest absolute Gasteiger partial charge is 0.274 e. The number of hydrogen-bond acceptors (Lipinski definition) is 4. The molecule has 27 heavy (non-hydrogen) atoms. The summed E-state index contributed by atoms with van der Waals surface area (Å²) in [6, 6.07) is 21.4. The van der Waals surface area contributed by atoms with Gasteiger partial charge in [0.1, 0.15) is 0 Å². The van der Waals surface area contributed by atoms with Crippen molar-refractivity contribution in [2.24, 2.45) is 0 Å². The van der Waals surface area contributed by atoms with E-state index < -0.39 is 0 Å². The van der Waals surface area contributed by atoms with E-state index in [0.29, 0.717) is 16.8 Å². The van der Waals surface area contributed by atoms with Crippen LogP contribution in [0.3, 0.4) is 0 Å². The summed E-state index contributed by atoms with van der Waals surface area (Å²) in [6.07, 6.45) is 1.69. The van der Waals surface area contributed by atoms with Crippen molar-refractivity contribution in [1.29, 1.82) is 0 Å². The third-order valence-corrected chi connectivity index (χ3v) is 4.63. The van der Waals surface area contributed by atoms with Gasteiger partial charge in [0, 0.05) is 16.1 Å². The first-order valence-corrected chi connectivity index (χ1v) is 9.11. The first-order chi connectivity index (χ1) is 13.2. The van der Waals surface area contributed by atoms with Gasteiger partial charge in [0.2, 0.25) is 5.89 Å². The fraction of sp³-hybridized carbons (Fsp3) is 0.143. The minimum Gasteiger partial charge on any atom is -0.463 e. The van der Waals surface area contributed by atoms with Crippen LogP contribution in [0.2, 0.25) is 5.02 Å². The fourth-order valence-corrected chi connectivity index (χ4v) is 3.22. The largest absolute Gasteiger partial charge is 0.463 e. The Morgan fingerprint density at radius 3 is 2.56 bits per heavy atom. The van der Waals surface area contributed by atoms with Gasteiger partial charge in [0.05, 0.1) is 6.26 Å². The Morgan fingerprint density at radius 2 is 1.81 bits per heavy atom. The van der Waals surface area contributed by atoms with Gasteiger partial charge in [0.25, 0.3) is 5.89 Å². The second-order valence-corrected chi connectivity index (χ2v) is 6.78. The fourth-order valence-electron chi connectivity index (χ4n) is 3.03. The maximum atomic E-state index is 6.05. The van der Waals surface area contributed by atoms with Gasteiger partial charge in [-0.05, 0) is 37.3 Å². The van der Waals surface area contributed by atoms with Crippen molar-refractivity contribution < 1.29 is 14.2 Å². The minimum absolute atomic E-state index is 0.00211. The standard InChI is InChI=1S/C21H18ClN3O2/c1-14(20-24-25-21(27-20)16-9-5-10-17(22)13-16)23-19(18-11-6-12-26-18)15-7-3-2-4-8-15/h2-14,19,23H,1H3/p+1/t14-,19-/m1/s1. The number of aromatic nitrogens is 2. The predicted molar refractivity (Wildman–Crippen MR) is 102 cm³/mol. The summed E-state index contributed by atoms with van der Waals surface area (Å²) < 4.78 is 11.6. The summed E-state index contributed by atoms with van der Waals surface area (Å²) in [5.41, 5.74) is 1.95. The van der Waals surface area contributed by atoms with Gasteiger partial charge < -0.3 is 14.2 Å². The molecule has 0 fully saturated rings. The molecule has 0 saturated heterocycles. The lowest BCUT2D eigenvalue weighted by atomic mass is 10.0.